The summed E-state index contributed by atoms with van der Waals surface area (Å²) < 4.78 is 11.0. The SMILES string of the molecule is COc1ccc(CN2C(c3cncnc3)=NOC23CN2CCC3CC2)c(OC)c1. The van der Waals surface area contributed by atoms with Crippen molar-refractivity contribution in [2.75, 3.05) is 33.9 Å². The molecule has 1 unspecified atom stereocenters. The number of oxime groups is 1. The molecule has 3 fully saturated rings. The molecule has 0 N–H and O–H groups in total. The van der Waals surface area contributed by atoms with Gasteiger partial charge in [0, 0.05) is 29.9 Å². The predicted octanol–water partition coefficient (Wildman–Crippen LogP) is 2.11. The van der Waals surface area contributed by atoms with Crippen LogP contribution in [0.25, 0.3) is 0 Å². The van der Waals surface area contributed by atoms with Crippen molar-refractivity contribution in [3.05, 3.63) is 48.0 Å². The van der Waals surface area contributed by atoms with E-state index in [0.717, 1.165) is 60.9 Å². The third-order valence-corrected chi connectivity index (χ3v) is 6.32. The molecule has 4 aliphatic heterocycles. The Labute approximate surface area is 170 Å². The summed E-state index contributed by atoms with van der Waals surface area (Å²) in [6, 6.07) is 5.92. The highest BCUT2D eigenvalue weighted by molar-refractivity contribution is 5.99. The van der Waals surface area contributed by atoms with Crippen molar-refractivity contribution < 1.29 is 14.3 Å². The average Bonchev–Trinajstić information content (AvgIpc) is 3.12. The summed E-state index contributed by atoms with van der Waals surface area (Å²) in [4.78, 5) is 19.4. The number of hydrogen-bond donors (Lipinski definition) is 0. The quantitative estimate of drug-likeness (QED) is 0.768. The van der Waals surface area contributed by atoms with Crippen molar-refractivity contribution in [2.24, 2.45) is 11.1 Å². The average molecular weight is 395 g/mol. The number of rotatable bonds is 5. The Morgan fingerprint density at radius 2 is 1.93 bits per heavy atom. The van der Waals surface area contributed by atoms with Crippen LogP contribution in [0.2, 0.25) is 0 Å². The highest BCUT2D eigenvalue weighted by Gasteiger charge is 2.57. The first-order valence-electron chi connectivity index (χ1n) is 9.96. The van der Waals surface area contributed by atoms with Crippen LogP contribution in [0.3, 0.4) is 0 Å². The lowest BCUT2D eigenvalue weighted by Gasteiger charge is -2.53. The van der Waals surface area contributed by atoms with Gasteiger partial charge in [-0.1, -0.05) is 5.16 Å². The molecule has 29 heavy (non-hydrogen) atoms. The summed E-state index contributed by atoms with van der Waals surface area (Å²) in [7, 11) is 3.34. The zero-order valence-electron chi connectivity index (χ0n) is 16.7. The maximum atomic E-state index is 6.24. The number of aromatic nitrogens is 2. The highest BCUT2D eigenvalue weighted by atomic mass is 16.7. The summed E-state index contributed by atoms with van der Waals surface area (Å²) in [5.41, 5.74) is 1.44. The number of hydrogen-bond acceptors (Lipinski definition) is 8. The minimum atomic E-state index is -0.466. The molecule has 152 valence electrons. The van der Waals surface area contributed by atoms with Gasteiger partial charge < -0.3 is 19.2 Å². The van der Waals surface area contributed by atoms with Crippen molar-refractivity contribution in [1.29, 1.82) is 0 Å². The molecule has 0 saturated carbocycles. The van der Waals surface area contributed by atoms with E-state index in [-0.39, 0.29) is 0 Å². The lowest BCUT2D eigenvalue weighted by molar-refractivity contribution is -0.198. The monoisotopic (exact) mass is 395 g/mol. The number of amidine groups is 1. The topological polar surface area (TPSA) is 72.3 Å². The molecule has 0 aliphatic carbocycles. The fraction of sp³-hybridized carbons (Fsp3) is 0.476. The summed E-state index contributed by atoms with van der Waals surface area (Å²) in [5, 5.41) is 4.54. The van der Waals surface area contributed by atoms with Gasteiger partial charge in [0.05, 0.1) is 32.9 Å². The molecule has 0 amide bonds. The van der Waals surface area contributed by atoms with Crippen LogP contribution in [-0.2, 0) is 11.4 Å². The number of methoxy groups -OCH3 is 2. The maximum Gasteiger partial charge on any atom is 0.227 e. The first-order chi connectivity index (χ1) is 14.2. The second-order valence-corrected chi connectivity index (χ2v) is 7.79. The van der Waals surface area contributed by atoms with Crippen molar-refractivity contribution in [3.63, 3.8) is 0 Å². The Morgan fingerprint density at radius 3 is 2.59 bits per heavy atom. The Bertz CT molecular complexity index is 914. The first-order valence-corrected chi connectivity index (χ1v) is 9.96. The van der Waals surface area contributed by atoms with E-state index >= 15 is 0 Å². The Hall–Kier alpha value is -2.87. The van der Waals surface area contributed by atoms with Crippen LogP contribution in [0, 0.1) is 5.92 Å². The molecule has 1 aromatic carbocycles. The van der Waals surface area contributed by atoms with Crippen LogP contribution < -0.4 is 9.47 Å². The van der Waals surface area contributed by atoms with Crippen LogP contribution in [0.1, 0.15) is 24.0 Å². The van der Waals surface area contributed by atoms with E-state index in [9.17, 15) is 0 Å². The Kier molecular flexibility index (Phi) is 4.50. The van der Waals surface area contributed by atoms with Gasteiger partial charge in [0.1, 0.15) is 17.8 Å². The smallest absolute Gasteiger partial charge is 0.227 e. The fourth-order valence-corrected chi connectivity index (χ4v) is 4.79. The van der Waals surface area contributed by atoms with Gasteiger partial charge in [0.15, 0.2) is 5.84 Å². The standard InChI is InChI=1S/C21H25N5O3/c1-27-18-4-3-15(19(9-18)28-2)12-26-20(16-10-22-14-23-11-16)24-29-21(26)13-25-7-5-17(21)6-8-25/h3-4,9-11,14,17H,5-8,12-13H2,1-2H3. The van der Waals surface area contributed by atoms with Crippen molar-refractivity contribution in [1.82, 2.24) is 19.8 Å². The normalized spacial score (nSPS) is 27.7. The van der Waals surface area contributed by atoms with Crippen LogP contribution in [-0.4, -0.2) is 65.2 Å². The number of nitrogens with zero attached hydrogens (tertiary/aromatic N) is 5. The third-order valence-electron chi connectivity index (χ3n) is 6.32. The molecule has 2 bridgehead atoms. The molecule has 3 saturated heterocycles. The minimum Gasteiger partial charge on any atom is -0.497 e. The maximum absolute atomic E-state index is 6.24. The molecular formula is C21H25N5O3. The molecule has 1 spiro atoms. The van der Waals surface area contributed by atoms with Crippen molar-refractivity contribution in [2.45, 2.75) is 25.1 Å². The summed E-state index contributed by atoms with van der Waals surface area (Å²) in [6.07, 6.45) is 7.33. The molecule has 6 rings (SSSR count). The molecule has 8 nitrogen and oxygen atoms in total. The van der Waals surface area contributed by atoms with Crippen molar-refractivity contribution >= 4 is 5.84 Å². The van der Waals surface area contributed by atoms with Gasteiger partial charge in [-0.3, -0.25) is 4.90 Å². The lowest BCUT2D eigenvalue weighted by atomic mass is 9.79. The second kappa shape index (κ2) is 7.18. The van der Waals surface area contributed by atoms with Crippen LogP contribution in [0.4, 0.5) is 0 Å². The van der Waals surface area contributed by atoms with Gasteiger partial charge in [0.25, 0.3) is 0 Å². The lowest BCUT2D eigenvalue weighted by Crippen LogP contribution is -2.66. The summed E-state index contributed by atoms with van der Waals surface area (Å²) >= 11 is 0. The molecule has 1 aromatic heterocycles. The van der Waals surface area contributed by atoms with Gasteiger partial charge in [-0.2, -0.15) is 0 Å². The zero-order chi connectivity index (χ0) is 19.8. The molecule has 5 heterocycles. The van der Waals surface area contributed by atoms with E-state index in [1.54, 1.807) is 26.6 Å². The fourth-order valence-electron chi connectivity index (χ4n) is 4.79. The molecule has 1 atom stereocenters. The number of fused-ring (bicyclic) bond motifs is 2. The van der Waals surface area contributed by atoms with E-state index in [0.29, 0.717) is 12.5 Å². The van der Waals surface area contributed by atoms with E-state index < -0.39 is 5.72 Å². The number of ether oxygens (including phenoxy) is 2. The molecule has 0 radical (unpaired) electrons. The molecule has 8 heteroatoms. The van der Waals surface area contributed by atoms with Gasteiger partial charge in [0.2, 0.25) is 5.72 Å². The van der Waals surface area contributed by atoms with Gasteiger partial charge in [-0.15, -0.1) is 0 Å². The summed E-state index contributed by atoms with van der Waals surface area (Å²) in [6.45, 7) is 3.71. The molecule has 4 aliphatic rings. The van der Waals surface area contributed by atoms with E-state index in [1.807, 2.05) is 18.2 Å². The van der Waals surface area contributed by atoms with Gasteiger partial charge >= 0.3 is 0 Å². The second-order valence-electron chi connectivity index (χ2n) is 7.79. The van der Waals surface area contributed by atoms with Gasteiger partial charge in [-0.05, 0) is 38.1 Å². The predicted molar refractivity (Wildman–Crippen MR) is 107 cm³/mol. The molecular weight excluding hydrogens is 370 g/mol. The van der Waals surface area contributed by atoms with E-state index in [1.165, 1.54) is 6.33 Å². The summed E-state index contributed by atoms with van der Waals surface area (Å²) in [5.74, 6) is 2.77. The zero-order valence-corrected chi connectivity index (χ0v) is 16.7. The molecule has 2 aromatic rings. The number of piperidine rings is 3. The number of benzene rings is 1. The van der Waals surface area contributed by atoms with Crippen LogP contribution >= 0.6 is 0 Å². The Balaban J connectivity index is 1.54. The van der Waals surface area contributed by atoms with Crippen LogP contribution in [0.15, 0.2) is 42.1 Å². The largest absolute Gasteiger partial charge is 0.497 e. The van der Waals surface area contributed by atoms with Crippen LogP contribution in [0.5, 0.6) is 11.5 Å². The van der Waals surface area contributed by atoms with E-state index in [2.05, 4.69) is 24.9 Å². The minimum absolute atomic E-state index is 0.433. The van der Waals surface area contributed by atoms with Crippen molar-refractivity contribution in [3.8, 4) is 11.5 Å². The first kappa shape index (κ1) is 18.2. The third kappa shape index (κ3) is 2.98. The van der Waals surface area contributed by atoms with Gasteiger partial charge in [-0.25, -0.2) is 9.97 Å². The van der Waals surface area contributed by atoms with E-state index in [4.69, 9.17) is 14.3 Å². The highest BCUT2D eigenvalue weighted by Crippen LogP contribution is 2.45. The Morgan fingerprint density at radius 1 is 1.14 bits per heavy atom.